The van der Waals surface area contributed by atoms with E-state index in [-0.39, 0.29) is 11.9 Å². The standard InChI is InChI=1S/C8H17NO3S/c1-7-8(3-5-12-7)9-4-6-13(2,10)11/h7-9H,3-6H2,1-2H3. The first-order valence-corrected chi connectivity index (χ1v) is 6.58. The molecule has 1 N–H and O–H groups in total. The summed E-state index contributed by atoms with van der Waals surface area (Å²) in [6, 6.07) is 0.321. The summed E-state index contributed by atoms with van der Waals surface area (Å²) in [7, 11) is -2.84. The molecule has 1 heterocycles. The van der Waals surface area contributed by atoms with Gasteiger partial charge in [0, 0.05) is 25.4 Å². The van der Waals surface area contributed by atoms with E-state index >= 15 is 0 Å². The van der Waals surface area contributed by atoms with Gasteiger partial charge in [-0.2, -0.15) is 0 Å². The van der Waals surface area contributed by atoms with E-state index in [0.717, 1.165) is 13.0 Å². The second kappa shape index (κ2) is 4.39. The summed E-state index contributed by atoms with van der Waals surface area (Å²) in [6.45, 7) is 3.31. The number of ether oxygens (including phenoxy) is 1. The van der Waals surface area contributed by atoms with E-state index in [9.17, 15) is 8.42 Å². The highest BCUT2D eigenvalue weighted by molar-refractivity contribution is 7.90. The Balaban J connectivity index is 2.19. The molecule has 1 fully saturated rings. The molecule has 1 aliphatic heterocycles. The van der Waals surface area contributed by atoms with Gasteiger partial charge in [-0.25, -0.2) is 8.42 Å². The Bertz CT molecular complexity index is 250. The fraction of sp³-hybridized carbons (Fsp3) is 1.00. The van der Waals surface area contributed by atoms with Crippen molar-refractivity contribution in [3.63, 3.8) is 0 Å². The minimum absolute atomic E-state index is 0.205. The van der Waals surface area contributed by atoms with E-state index in [2.05, 4.69) is 5.32 Å². The normalized spacial score (nSPS) is 29.4. The third kappa shape index (κ3) is 4.06. The van der Waals surface area contributed by atoms with E-state index < -0.39 is 9.84 Å². The lowest BCUT2D eigenvalue weighted by molar-refractivity contribution is 0.113. The van der Waals surface area contributed by atoms with Crippen molar-refractivity contribution in [2.45, 2.75) is 25.5 Å². The second-order valence-electron chi connectivity index (χ2n) is 3.56. The average molecular weight is 207 g/mol. The molecule has 5 heteroatoms. The highest BCUT2D eigenvalue weighted by atomic mass is 32.2. The van der Waals surface area contributed by atoms with Crippen molar-refractivity contribution in [3.05, 3.63) is 0 Å². The van der Waals surface area contributed by atoms with E-state index in [4.69, 9.17) is 4.74 Å². The van der Waals surface area contributed by atoms with Crippen LogP contribution in [0.15, 0.2) is 0 Å². The molecule has 0 spiro atoms. The molecule has 13 heavy (non-hydrogen) atoms. The van der Waals surface area contributed by atoms with E-state index in [1.165, 1.54) is 6.26 Å². The summed E-state index contributed by atoms with van der Waals surface area (Å²) >= 11 is 0. The van der Waals surface area contributed by atoms with Gasteiger partial charge in [0.15, 0.2) is 0 Å². The molecule has 4 nitrogen and oxygen atoms in total. The Morgan fingerprint density at radius 2 is 2.23 bits per heavy atom. The van der Waals surface area contributed by atoms with Crippen LogP contribution < -0.4 is 5.32 Å². The molecule has 0 aromatic rings. The molecular formula is C8H17NO3S. The molecule has 0 radical (unpaired) electrons. The van der Waals surface area contributed by atoms with Crippen molar-refractivity contribution in [1.82, 2.24) is 5.32 Å². The van der Waals surface area contributed by atoms with Gasteiger partial charge >= 0.3 is 0 Å². The monoisotopic (exact) mass is 207 g/mol. The summed E-state index contributed by atoms with van der Waals surface area (Å²) < 4.78 is 27.0. The van der Waals surface area contributed by atoms with Crippen LogP contribution in [0.5, 0.6) is 0 Å². The maximum absolute atomic E-state index is 10.8. The zero-order chi connectivity index (χ0) is 9.90. The van der Waals surface area contributed by atoms with Crippen LogP contribution in [0, 0.1) is 0 Å². The SMILES string of the molecule is CC1OCCC1NCCS(C)(=O)=O. The fourth-order valence-electron chi connectivity index (χ4n) is 1.43. The Kier molecular flexibility index (Phi) is 3.70. The molecule has 0 saturated carbocycles. The van der Waals surface area contributed by atoms with E-state index in [0.29, 0.717) is 12.6 Å². The summed E-state index contributed by atoms with van der Waals surface area (Å²) in [5, 5.41) is 3.18. The van der Waals surface area contributed by atoms with Crippen molar-refractivity contribution in [2.75, 3.05) is 25.2 Å². The van der Waals surface area contributed by atoms with Crippen LogP contribution >= 0.6 is 0 Å². The molecule has 0 aromatic heterocycles. The van der Waals surface area contributed by atoms with Gasteiger partial charge in [0.25, 0.3) is 0 Å². The van der Waals surface area contributed by atoms with Crippen LogP contribution in [-0.4, -0.2) is 45.7 Å². The number of hydrogen-bond donors (Lipinski definition) is 1. The van der Waals surface area contributed by atoms with Crippen molar-refractivity contribution in [3.8, 4) is 0 Å². The molecule has 1 saturated heterocycles. The van der Waals surface area contributed by atoms with Gasteiger partial charge in [-0.3, -0.25) is 0 Å². The van der Waals surface area contributed by atoms with E-state index in [1.807, 2.05) is 6.92 Å². The molecule has 1 aliphatic rings. The predicted octanol–water partition coefficient (Wildman–Crippen LogP) is -0.202. The van der Waals surface area contributed by atoms with Crippen molar-refractivity contribution in [1.29, 1.82) is 0 Å². The predicted molar refractivity (Wildman–Crippen MR) is 51.5 cm³/mol. The van der Waals surface area contributed by atoms with Gasteiger partial charge in [0.2, 0.25) is 0 Å². The number of sulfone groups is 1. The summed E-state index contributed by atoms with van der Waals surface area (Å²) in [5.41, 5.74) is 0. The zero-order valence-corrected chi connectivity index (χ0v) is 8.93. The first kappa shape index (κ1) is 10.9. The molecule has 2 unspecified atom stereocenters. The molecular weight excluding hydrogens is 190 g/mol. The van der Waals surface area contributed by atoms with Crippen LogP contribution in [0.3, 0.4) is 0 Å². The van der Waals surface area contributed by atoms with Crippen LogP contribution in [-0.2, 0) is 14.6 Å². The largest absolute Gasteiger partial charge is 0.377 e. The molecule has 2 atom stereocenters. The maximum atomic E-state index is 10.8. The third-order valence-electron chi connectivity index (χ3n) is 2.26. The lowest BCUT2D eigenvalue weighted by atomic mass is 10.2. The van der Waals surface area contributed by atoms with Crippen LogP contribution in [0.2, 0.25) is 0 Å². The Morgan fingerprint density at radius 3 is 2.69 bits per heavy atom. The molecule has 0 bridgehead atoms. The van der Waals surface area contributed by atoms with Crippen molar-refractivity contribution in [2.24, 2.45) is 0 Å². The van der Waals surface area contributed by atoms with Gasteiger partial charge in [-0.05, 0) is 13.3 Å². The van der Waals surface area contributed by atoms with Gasteiger partial charge in [-0.15, -0.1) is 0 Å². The molecule has 0 aliphatic carbocycles. The topological polar surface area (TPSA) is 55.4 Å². The lowest BCUT2D eigenvalue weighted by Gasteiger charge is -2.15. The molecule has 1 rings (SSSR count). The number of hydrogen-bond acceptors (Lipinski definition) is 4. The van der Waals surface area contributed by atoms with E-state index in [1.54, 1.807) is 0 Å². The summed E-state index contributed by atoms with van der Waals surface area (Å²) in [6.07, 6.45) is 2.44. The third-order valence-corrected chi connectivity index (χ3v) is 3.20. The summed E-state index contributed by atoms with van der Waals surface area (Å²) in [5.74, 6) is 0.205. The minimum atomic E-state index is -2.84. The second-order valence-corrected chi connectivity index (χ2v) is 5.81. The van der Waals surface area contributed by atoms with Gasteiger partial charge in [-0.1, -0.05) is 0 Å². The van der Waals surface area contributed by atoms with Gasteiger partial charge in [0.1, 0.15) is 9.84 Å². The van der Waals surface area contributed by atoms with Crippen molar-refractivity contribution < 1.29 is 13.2 Å². The molecule has 0 aromatic carbocycles. The van der Waals surface area contributed by atoms with Gasteiger partial charge in [0.05, 0.1) is 11.9 Å². The lowest BCUT2D eigenvalue weighted by Crippen LogP contribution is -2.37. The fourth-order valence-corrected chi connectivity index (χ4v) is 1.92. The average Bonchev–Trinajstić information content (AvgIpc) is 2.34. The Hall–Kier alpha value is -0.130. The minimum Gasteiger partial charge on any atom is -0.377 e. The molecule has 78 valence electrons. The Labute approximate surface area is 79.6 Å². The number of nitrogens with one attached hydrogen (secondary N) is 1. The zero-order valence-electron chi connectivity index (χ0n) is 8.12. The Morgan fingerprint density at radius 1 is 1.54 bits per heavy atom. The smallest absolute Gasteiger partial charge is 0.148 e. The summed E-state index contributed by atoms with van der Waals surface area (Å²) in [4.78, 5) is 0. The van der Waals surface area contributed by atoms with Crippen LogP contribution in [0.1, 0.15) is 13.3 Å². The van der Waals surface area contributed by atoms with Crippen LogP contribution in [0.25, 0.3) is 0 Å². The first-order valence-electron chi connectivity index (χ1n) is 4.52. The first-order chi connectivity index (χ1) is 5.99. The molecule has 0 amide bonds. The number of rotatable bonds is 4. The van der Waals surface area contributed by atoms with Crippen LogP contribution in [0.4, 0.5) is 0 Å². The van der Waals surface area contributed by atoms with Crippen molar-refractivity contribution >= 4 is 9.84 Å². The maximum Gasteiger partial charge on any atom is 0.148 e. The quantitative estimate of drug-likeness (QED) is 0.693. The highest BCUT2D eigenvalue weighted by Crippen LogP contribution is 2.11. The van der Waals surface area contributed by atoms with Gasteiger partial charge < -0.3 is 10.1 Å². The highest BCUT2D eigenvalue weighted by Gasteiger charge is 2.23.